The number of nitrogens with zero attached hydrogens (tertiary/aromatic N) is 5. The highest BCUT2D eigenvalue weighted by Gasteiger charge is 2.26. The number of aromatic nitrogens is 3. The lowest BCUT2D eigenvalue weighted by Crippen LogP contribution is -2.48. The van der Waals surface area contributed by atoms with Gasteiger partial charge in [-0.3, -0.25) is 14.1 Å². The maximum absolute atomic E-state index is 13.2. The minimum Gasteiger partial charge on any atom is -0.304 e. The maximum atomic E-state index is 13.2. The van der Waals surface area contributed by atoms with E-state index in [1.165, 1.54) is 11.1 Å². The minimum absolute atomic E-state index is 0.0139. The highest BCUT2D eigenvalue weighted by atomic mass is 35.5. The van der Waals surface area contributed by atoms with Gasteiger partial charge < -0.3 is 9.47 Å². The predicted molar refractivity (Wildman–Crippen MR) is 149 cm³/mol. The van der Waals surface area contributed by atoms with Crippen LogP contribution in [0.4, 0.5) is 0 Å². The molecule has 5 aromatic rings. The van der Waals surface area contributed by atoms with Crippen LogP contribution in [0.15, 0.2) is 95.9 Å². The molecule has 0 saturated carbocycles. The van der Waals surface area contributed by atoms with Crippen molar-refractivity contribution >= 4 is 28.3 Å². The van der Waals surface area contributed by atoms with Gasteiger partial charge in [0.1, 0.15) is 10.7 Å². The van der Waals surface area contributed by atoms with Crippen molar-refractivity contribution in [2.24, 2.45) is 0 Å². The first-order valence-corrected chi connectivity index (χ1v) is 13.3. The molecule has 0 spiro atoms. The molecule has 6 rings (SSSR count). The predicted octanol–water partition coefficient (Wildman–Crippen LogP) is 5.10. The normalized spacial score (nSPS) is 15.2. The molecule has 4 heterocycles. The summed E-state index contributed by atoms with van der Waals surface area (Å²) in [5.74, 6) is 0. The van der Waals surface area contributed by atoms with E-state index in [0.717, 1.165) is 44.7 Å². The molecule has 7 heteroatoms. The van der Waals surface area contributed by atoms with Gasteiger partial charge in [0.15, 0.2) is 5.65 Å². The van der Waals surface area contributed by atoms with E-state index in [4.69, 9.17) is 11.6 Å². The van der Waals surface area contributed by atoms with Gasteiger partial charge in [0.2, 0.25) is 0 Å². The zero-order valence-electron chi connectivity index (χ0n) is 20.7. The lowest BCUT2D eigenvalue weighted by Gasteiger charge is -2.40. The first-order chi connectivity index (χ1) is 18.2. The molecule has 37 heavy (non-hydrogen) atoms. The van der Waals surface area contributed by atoms with Crippen molar-refractivity contribution in [3.63, 3.8) is 0 Å². The van der Waals surface area contributed by atoms with Gasteiger partial charge in [-0.15, -0.1) is 0 Å². The fourth-order valence-electron chi connectivity index (χ4n) is 5.60. The third kappa shape index (κ3) is 4.80. The third-order valence-electron chi connectivity index (χ3n) is 7.41. The fraction of sp³-hybridized carbons (Fsp3) is 0.267. The Labute approximate surface area is 221 Å². The van der Waals surface area contributed by atoms with Gasteiger partial charge >= 0.3 is 0 Å². The van der Waals surface area contributed by atoms with Crippen LogP contribution in [-0.2, 0) is 6.54 Å². The molecule has 2 aromatic carbocycles. The summed E-state index contributed by atoms with van der Waals surface area (Å²) < 4.78 is 3.68. The van der Waals surface area contributed by atoms with E-state index in [1.807, 2.05) is 33.4 Å². The number of fused-ring (bicyclic) bond motifs is 3. The van der Waals surface area contributed by atoms with Gasteiger partial charge in [-0.2, -0.15) is 0 Å². The number of aryl methyl sites for hydroxylation is 1. The van der Waals surface area contributed by atoms with Crippen molar-refractivity contribution in [2.45, 2.75) is 19.0 Å². The standard InChI is InChI=1S/C30H30ClN5O/c31-27-15-14-25-29(32-27)35-17-7-13-26(35)30(37)36(25)18-8-16-33-19-21-34(22-20-33)28(23-9-3-1-4-10-23)24-11-5-2-6-12-24/h1-7,9-15,17,28H,8,16,18-22H2. The second-order valence-electron chi connectivity index (χ2n) is 9.65. The lowest BCUT2D eigenvalue weighted by atomic mass is 9.96. The van der Waals surface area contributed by atoms with E-state index >= 15 is 0 Å². The molecule has 0 atom stereocenters. The maximum Gasteiger partial charge on any atom is 0.275 e. The quantitative estimate of drug-likeness (QED) is 0.285. The smallest absolute Gasteiger partial charge is 0.275 e. The highest BCUT2D eigenvalue weighted by Crippen LogP contribution is 2.29. The monoisotopic (exact) mass is 511 g/mol. The Morgan fingerprint density at radius 1 is 0.757 bits per heavy atom. The van der Waals surface area contributed by atoms with Crippen LogP contribution in [-0.4, -0.2) is 56.5 Å². The summed E-state index contributed by atoms with van der Waals surface area (Å²) >= 11 is 6.17. The molecule has 1 aliphatic heterocycles. The van der Waals surface area contributed by atoms with Crippen molar-refractivity contribution in [3.05, 3.63) is 118 Å². The molecule has 3 aromatic heterocycles. The van der Waals surface area contributed by atoms with E-state index in [-0.39, 0.29) is 11.6 Å². The zero-order chi connectivity index (χ0) is 25.2. The van der Waals surface area contributed by atoms with E-state index < -0.39 is 0 Å². The molecule has 0 bridgehead atoms. The van der Waals surface area contributed by atoms with Gasteiger partial charge in [-0.05, 0) is 48.4 Å². The summed E-state index contributed by atoms with van der Waals surface area (Å²) in [7, 11) is 0. The van der Waals surface area contributed by atoms with Gasteiger partial charge in [0.05, 0.1) is 11.6 Å². The summed E-state index contributed by atoms with van der Waals surface area (Å²) in [5, 5.41) is 0.426. The van der Waals surface area contributed by atoms with Crippen molar-refractivity contribution in [3.8, 4) is 0 Å². The SMILES string of the molecule is O=c1c2cccn2c2nc(Cl)ccc2n1CCCN1CCN(C(c2ccccc2)c2ccccc2)CC1. The molecule has 1 aliphatic rings. The molecular weight excluding hydrogens is 482 g/mol. The number of pyridine rings is 1. The number of rotatable bonds is 7. The van der Waals surface area contributed by atoms with Gasteiger partial charge in [0, 0.05) is 38.9 Å². The summed E-state index contributed by atoms with van der Waals surface area (Å²) in [6.07, 6.45) is 2.76. The van der Waals surface area contributed by atoms with E-state index in [1.54, 1.807) is 6.07 Å². The second-order valence-corrected chi connectivity index (χ2v) is 10.0. The van der Waals surface area contributed by atoms with Gasteiger partial charge in [0.25, 0.3) is 5.56 Å². The van der Waals surface area contributed by atoms with Crippen LogP contribution < -0.4 is 5.56 Å². The molecular formula is C30H30ClN5O. The van der Waals surface area contributed by atoms with Gasteiger partial charge in [-0.25, -0.2) is 4.98 Å². The highest BCUT2D eigenvalue weighted by molar-refractivity contribution is 6.29. The van der Waals surface area contributed by atoms with Crippen LogP contribution in [0.1, 0.15) is 23.6 Å². The van der Waals surface area contributed by atoms with Crippen LogP contribution in [0.25, 0.3) is 16.7 Å². The van der Waals surface area contributed by atoms with Gasteiger partial charge in [-0.1, -0.05) is 72.3 Å². The molecule has 0 N–H and O–H groups in total. The third-order valence-corrected chi connectivity index (χ3v) is 7.62. The second kappa shape index (κ2) is 10.5. The Morgan fingerprint density at radius 2 is 1.43 bits per heavy atom. The summed E-state index contributed by atoms with van der Waals surface area (Å²) in [6.45, 7) is 5.65. The number of hydrogen-bond donors (Lipinski definition) is 0. The van der Waals surface area contributed by atoms with E-state index in [0.29, 0.717) is 22.9 Å². The van der Waals surface area contributed by atoms with Crippen LogP contribution in [0.3, 0.4) is 0 Å². The fourth-order valence-corrected chi connectivity index (χ4v) is 5.74. The number of piperazine rings is 1. The molecule has 0 radical (unpaired) electrons. The topological polar surface area (TPSA) is 45.8 Å². The zero-order valence-corrected chi connectivity index (χ0v) is 21.5. The molecule has 1 saturated heterocycles. The van der Waals surface area contributed by atoms with Crippen LogP contribution in [0.5, 0.6) is 0 Å². The Kier molecular flexibility index (Phi) is 6.79. The Bertz CT molecular complexity index is 1520. The van der Waals surface area contributed by atoms with Crippen LogP contribution >= 0.6 is 11.6 Å². The van der Waals surface area contributed by atoms with Crippen molar-refractivity contribution in [1.82, 2.24) is 23.8 Å². The largest absolute Gasteiger partial charge is 0.304 e. The van der Waals surface area contributed by atoms with Crippen molar-refractivity contribution in [2.75, 3.05) is 32.7 Å². The number of benzene rings is 2. The molecule has 0 aliphatic carbocycles. The first-order valence-electron chi connectivity index (χ1n) is 12.9. The summed E-state index contributed by atoms with van der Waals surface area (Å²) in [6, 6.07) is 29.2. The molecule has 6 nitrogen and oxygen atoms in total. The Morgan fingerprint density at radius 3 is 2.11 bits per heavy atom. The van der Waals surface area contributed by atoms with Crippen LogP contribution in [0.2, 0.25) is 5.15 Å². The number of hydrogen-bond acceptors (Lipinski definition) is 4. The Hall–Kier alpha value is -3.45. The Balaban J connectivity index is 1.14. The lowest BCUT2D eigenvalue weighted by molar-refractivity contribution is 0.108. The molecule has 1 fully saturated rings. The van der Waals surface area contributed by atoms with E-state index in [9.17, 15) is 4.79 Å². The first kappa shape index (κ1) is 23.9. The average molecular weight is 512 g/mol. The number of halogens is 1. The summed E-state index contributed by atoms with van der Waals surface area (Å²) in [5.41, 5.74) is 4.85. The van der Waals surface area contributed by atoms with Crippen molar-refractivity contribution < 1.29 is 0 Å². The molecule has 0 unspecified atom stereocenters. The van der Waals surface area contributed by atoms with Crippen molar-refractivity contribution in [1.29, 1.82) is 0 Å². The minimum atomic E-state index is 0.0139. The molecule has 0 amide bonds. The average Bonchev–Trinajstić information content (AvgIpc) is 3.44. The van der Waals surface area contributed by atoms with Crippen LogP contribution in [0, 0.1) is 0 Å². The van der Waals surface area contributed by atoms with E-state index in [2.05, 4.69) is 75.4 Å². The molecule has 188 valence electrons. The summed E-state index contributed by atoms with van der Waals surface area (Å²) in [4.78, 5) is 22.8.